The summed E-state index contributed by atoms with van der Waals surface area (Å²) in [6.07, 6.45) is 2.53. The Bertz CT molecular complexity index is 755. The Morgan fingerprint density at radius 2 is 1.86 bits per heavy atom. The second-order valence-corrected chi connectivity index (χ2v) is 7.49. The van der Waals surface area contributed by atoms with Crippen LogP contribution in [0.5, 0.6) is 0 Å². The van der Waals surface area contributed by atoms with E-state index in [1.54, 1.807) is 24.3 Å². The van der Waals surface area contributed by atoms with Crippen LogP contribution in [0.3, 0.4) is 0 Å². The standard InChI is InChI=1S/C14H18N4O3S/c1-10-6-8-11(9-7-10)22(20,21)14-15-16-17-18(14)12-4-2-3-5-13(12)19/h6-9,12-13,19H,2-5H2,1H3/t12-,13-/m1/s1. The fourth-order valence-electron chi connectivity index (χ4n) is 2.77. The third-order valence-corrected chi connectivity index (χ3v) is 5.68. The first kappa shape index (κ1) is 15.1. The van der Waals surface area contributed by atoms with Crippen molar-refractivity contribution in [2.45, 2.75) is 54.8 Å². The first-order valence-corrected chi connectivity index (χ1v) is 8.76. The van der Waals surface area contributed by atoms with Gasteiger partial charge in [-0.25, -0.2) is 13.1 Å². The SMILES string of the molecule is Cc1ccc(S(=O)(=O)c2nnnn2[C@@H]2CCCC[C@H]2O)cc1. The molecule has 1 aliphatic rings. The average molecular weight is 322 g/mol. The molecular formula is C14H18N4O3S. The van der Waals surface area contributed by atoms with Gasteiger partial charge in [-0.1, -0.05) is 35.6 Å². The first-order chi connectivity index (χ1) is 10.5. The molecule has 3 rings (SSSR count). The summed E-state index contributed by atoms with van der Waals surface area (Å²) < 4.78 is 26.7. The number of rotatable bonds is 3. The molecule has 0 amide bonds. The molecule has 1 heterocycles. The Morgan fingerprint density at radius 3 is 2.55 bits per heavy atom. The third-order valence-electron chi connectivity index (χ3n) is 4.04. The maximum Gasteiger partial charge on any atom is 0.272 e. The van der Waals surface area contributed by atoms with Crippen LogP contribution in [0.25, 0.3) is 0 Å². The highest BCUT2D eigenvalue weighted by atomic mass is 32.2. The zero-order valence-corrected chi connectivity index (χ0v) is 13.1. The van der Waals surface area contributed by atoms with Gasteiger partial charge in [0.25, 0.3) is 5.16 Å². The number of sulfone groups is 1. The van der Waals surface area contributed by atoms with Gasteiger partial charge < -0.3 is 5.11 Å². The van der Waals surface area contributed by atoms with Gasteiger partial charge in [0.15, 0.2) is 0 Å². The van der Waals surface area contributed by atoms with E-state index in [0.29, 0.717) is 12.8 Å². The largest absolute Gasteiger partial charge is 0.391 e. The van der Waals surface area contributed by atoms with Gasteiger partial charge in [0.2, 0.25) is 9.84 Å². The molecule has 118 valence electrons. The molecule has 0 bridgehead atoms. The minimum Gasteiger partial charge on any atom is -0.391 e. The normalized spacial score (nSPS) is 22.6. The van der Waals surface area contributed by atoms with Crippen LogP contribution < -0.4 is 0 Å². The Hall–Kier alpha value is -1.80. The van der Waals surface area contributed by atoms with E-state index in [9.17, 15) is 13.5 Å². The molecule has 1 aromatic carbocycles. The molecule has 1 aromatic heterocycles. The van der Waals surface area contributed by atoms with Crippen LogP contribution in [0.1, 0.15) is 37.3 Å². The highest BCUT2D eigenvalue weighted by Gasteiger charge is 2.33. The molecular weight excluding hydrogens is 304 g/mol. The number of tetrazole rings is 1. The summed E-state index contributed by atoms with van der Waals surface area (Å²) in [5.74, 6) is 0. The van der Waals surface area contributed by atoms with Crippen molar-refractivity contribution in [2.75, 3.05) is 0 Å². The molecule has 1 N–H and O–H groups in total. The highest BCUT2D eigenvalue weighted by Crippen LogP contribution is 2.30. The molecule has 1 aliphatic carbocycles. The first-order valence-electron chi connectivity index (χ1n) is 7.28. The molecule has 1 fully saturated rings. The summed E-state index contributed by atoms with van der Waals surface area (Å²) in [4.78, 5) is 0.152. The fourth-order valence-corrected chi connectivity index (χ4v) is 4.04. The summed E-state index contributed by atoms with van der Waals surface area (Å²) >= 11 is 0. The van der Waals surface area contributed by atoms with E-state index in [-0.39, 0.29) is 16.1 Å². The predicted octanol–water partition coefficient (Wildman–Crippen LogP) is 1.29. The number of hydrogen-bond acceptors (Lipinski definition) is 6. The van der Waals surface area contributed by atoms with Gasteiger partial charge in [0, 0.05) is 0 Å². The third kappa shape index (κ3) is 2.64. The van der Waals surface area contributed by atoms with Crippen molar-refractivity contribution >= 4 is 9.84 Å². The van der Waals surface area contributed by atoms with Gasteiger partial charge in [0.1, 0.15) is 0 Å². The van der Waals surface area contributed by atoms with Crippen molar-refractivity contribution in [3.63, 3.8) is 0 Å². The number of hydrogen-bond donors (Lipinski definition) is 1. The van der Waals surface area contributed by atoms with Crippen molar-refractivity contribution in [1.82, 2.24) is 20.2 Å². The highest BCUT2D eigenvalue weighted by molar-refractivity contribution is 7.91. The van der Waals surface area contributed by atoms with Crippen LogP contribution in [0, 0.1) is 6.92 Å². The van der Waals surface area contributed by atoms with Gasteiger partial charge in [-0.05, 0) is 42.3 Å². The molecule has 0 aliphatic heterocycles. The van der Waals surface area contributed by atoms with Crippen LogP contribution in [0.4, 0.5) is 0 Å². The molecule has 0 radical (unpaired) electrons. The smallest absolute Gasteiger partial charge is 0.272 e. The molecule has 8 heteroatoms. The second kappa shape index (κ2) is 5.77. The zero-order valence-electron chi connectivity index (χ0n) is 12.3. The predicted molar refractivity (Wildman–Crippen MR) is 78.0 cm³/mol. The zero-order chi connectivity index (χ0) is 15.7. The van der Waals surface area contributed by atoms with Crippen molar-refractivity contribution in [1.29, 1.82) is 0 Å². The minimum absolute atomic E-state index is 0.152. The minimum atomic E-state index is -3.80. The number of aryl methyl sites for hydroxylation is 1. The number of aliphatic hydroxyl groups excluding tert-OH is 1. The second-order valence-electron chi connectivity index (χ2n) is 5.64. The monoisotopic (exact) mass is 322 g/mol. The Morgan fingerprint density at radius 1 is 1.18 bits per heavy atom. The lowest BCUT2D eigenvalue weighted by atomic mass is 9.93. The van der Waals surface area contributed by atoms with Crippen LogP contribution >= 0.6 is 0 Å². The van der Waals surface area contributed by atoms with Gasteiger partial charge in [0.05, 0.1) is 17.0 Å². The Balaban J connectivity index is 2.02. The number of aromatic nitrogens is 4. The van der Waals surface area contributed by atoms with E-state index in [1.807, 2.05) is 6.92 Å². The Labute approximate surface area is 128 Å². The Kier molecular flexibility index (Phi) is 3.96. The van der Waals surface area contributed by atoms with E-state index < -0.39 is 15.9 Å². The number of aliphatic hydroxyl groups is 1. The maximum atomic E-state index is 12.7. The summed E-state index contributed by atoms with van der Waals surface area (Å²) in [6.45, 7) is 1.89. The fraction of sp³-hybridized carbons (Fsp3) is 0.500. The molecule has 0 unspecified atom stereocenters. The lowest BCUT2D eigenvalue weighted by Crippen LogP contribution is -2.30. The van der Waals surface area contributed by atoms with Crippen molar-refractivity contribution in [3.05, 3.63) is 29.8 Å². The van der Waals surface area contributed by atoms with Crippen LogP contribution in [-0.2, 0) is 9.84 Å². The van der Waals surface area contributed by atoms with Crippen molar-refractivity contribution in [3.8, 4) is 0 Å². The van der Waals surface area contributed by atoms with Crippen LogP contribution in [0.2, 0.25) is 0 Å². The van der Waals surface area contributed by atoms with Gasteiger partial charge in [-0.15, -0.1) is 0 Å². The maximum absolute atomic E-state index is 12.7. The average Bonchev–Trinajstić information content (AvgIpc) is 2.98. The van der Waals surface area contributed by atoms with Crippen molar-refractivity contribution < 1.29 is 13.5 Å². The van der Waals surface area contributed by atoms with E-state index in [4.69, 9.17) is 0 Å². The van der Waals surface area contributed by atoms with E-state index >= 15 is 0 Å². The molecule has 2 atom stereocenters. The molecule has 22 heavy (non-hydrogen) atoms. The summed E-state index contributed by atoms with van der Waals surface area (Å²) in [5, 5.41) is 20.9. The molecule has 0 spiro atoms. The van der Waals surface area contributed by atoms with Gasteiger partial charge >= 0.3 is 0 Å². The van der Waals surface area contributed by atoms with Gasteiger partial charge in [-0.2, -0.15) is 0 Å². The molecule has 7 nitrogen and oxygen atoms in total. The molecule has 0 saturated heterocycles. The lowest BCUT2D eigenvalue weighted by Gasteiger charge is -2.27. The quantitative estimate of drug-likeness (QED) is 0.914. The van der Waals surface area contributed by atoms with E-state index in [0.717, 1.165) is 18.4 Å². The van der Waals surface area contributed by atoms with Gasteiger partial charge in [-0.3, -0.25) is 0 Å². The topological polar surface area (TPSA) is 98.0 Å². The number of benzene rings is 1. The van der Waals surface area contributed by atoms with E-state index in [1.165, 1.54) is 4.68 Å². The number of nitrogens with zero attached hydrogens (tertiary/aromatic N) is 4. The summed E-state index contributed by atoms with van der Waals surface area (Å²) in [5.41, 5.74) is 0.973. The van der Waals surface area contributed by atoms with Crippen molar-refractivity contribution in [2.24, 2.45) is 0 Å². The van der Waals surface area contributed by atoms with Crippen LogP contribution in [0.15, 0.2) is 34.3 Å². The summed E-state index contributed by atoms with van der Waals surface area (Å²) in [7, 11) is -3.80. The molecule has 2 aromatic rings. The van der Waals surface area contributed by atoms with E-state index in [2.05, 4.69) is 15.5 Å². The van der Waals surface area contributed by atoms with Crippen LogP contribution in [-0.4, -0.2) is 39.8 Å². The summed E-state index contributed by atoms with van der Waals surface area (Å²) in [6, 6.07) is 6.16. The molecule has 1 saturated carbocycles. The lowest BCUT2D eigenvalue weighted by molar-refractivity contribution is 0.0636.